The van der Waals surface area contributed by atoms with Crippen LogP contribution in [-0.2, 0) is 6.42 Å². The molecule has 100 valence electrons. The van der Waals surface area contributed by atoms with Gasteiger partial charge in [-0.3, -0.25) is 0 Å². The number of aryl methyl sites for hydroxylation is 1. The molecule has 1 aliphatic carbocycles. The Morgan fingerprint density at radius 2 is 1.56 bits per heavy atom. The van der Waals surface area contributed by atoms with Crippen LogP contribution in [0.1, 0.15) is 57.4 Å². The highest BCUT2D eigenvalue weighted by atomic mass is 16.5. The summed E-state index contributed by atoms with van der Waals surface area (Å²) in [6.45, 7) is 3.09. The van der Waals surface area contributed by atoms with Crippen molar-refractivity contribution in [2.45, 2.75) is 58.3 Å². The van der Waals surface area contributed by atoms with Crippen molar-refractivity contribution in [1.82, 2.24) is 0 Å². The van der Waals surface area contributed by atoms with Crippen molar-refractivity contribution >= 4 is 0 Å². The molecule has 1 aromatic carbocycles. The number of ether oxygens (including phenoxy) is 1. The second-order valence-corrected chi connectivity index (χ2v) is 5.52. The van der Waals surface area contributed by atoms with Crippen LogP contribution in [0.2, 0.25) is 0 Å². The molecule has 0 heterocycles. The van der Waals surface area contributed by atoms with Gasteiger partial charge in [-0.05, 0) is 42.9 Å². The quantitative estimate of drug-likeness (QED) is 0.727. The molecule has 0 amide bonds. The molecule has 0 aromatic heterocycles. The zero-order chi connectivity index (χ0) is 12.6. The summed E-state index contributed by atoms with van der Waals surface area (Å²) in [5.41, 5.74) is 1.38. The zero-order valence-corrected chi connectivity index (χ0v) is 11.7. The Bertz CT molecular complexity index is 320. The summed E-state index contributed by atoms with van der Waals surface area (Å²) in [7, 11) is 0. The van der Waals surface area contributed by atoms with E-state index >= 15 is 0 Å². The molecule has 1 aliphatic rings. The van der Waals surface area contributed by atoms with Gasteiger partial charge in [0.15, 0.2) is 0 Å². The lowest BCUT2D eigenvalue weighted by atomic mass is 9.92. The lowest BCUT2D eigenvalue weighted by Gasteiger charge is -2.20. The van der Waals surface area contributed by atoms with Crippen molar-refractivity contribution in [2.75, 3.05) is 6.61 Å². The topological polar surface area (TPSA) is 9.23 Å². The van der Waals surface area contributed by atoms with Crippen molar-refractivity contribution in [3.63, 3.8) is 0 Å². The SMILES string of the molecule is CCc1ccc(OCC2CCCCCCC2)cc1. The Balaban J connectivity index is 1.78. The molecule has 1 heteroatoms. The maximum atomic E-state index is 5.94. The molecule has 1 saturated carbocycles. The van der Waals surface area contributed by atoms with E-state index in [1.807, 2.05) is 0 Å². The average Bonchev–Trinajstić information content (AvgIpc) is 2.38. The largest absolute Gasteiger partial charge is 0.493 e. The normalized spacial score (nSPS) is 18.1. The molecule has 0 bridgehead atoms. The van der Waals surface area contributed by atoms with E-state index in [1.54, 1.807) is 0 Å². The van der Waals surface area contributed by atoms with E-state index in [2.05, 4.69) is 31.2 Å². The van der Waals surface area contributed by atoms with E-state index in [9.17, 15) is 0 Å². The predicted octanol–water partition coefficient (Wildman–Crippen LogP) is 4.99. The Morgan fingerprint density at radius 1 is 0.944 bits per heavy atom. The highest BCUT2D eigenvalue weighted by molar-refractivity contribution is 5.27. The smallest absolute Gasteiger partial charge is 0.119 e. The Kier molecular flexibility index (Phi) is 5.57. The molecule has 0 radical (unpaired) electrons. The first-order valence-corrected chi connectivity index (χ1v) is 7.60. The van der Waals surface area contributed by atoms with Crippen LogP contribution in [0.4, 0.5) is 0 Å². The Morgan fingerprint density at radius 3 is 2.17 bits per heavy atom. The number of rotatable bonds is 4. The van der Waals surface area contributed by atoms with E-state index in [1.165, 1.54) is 50.5 Å². The molecule has 0 atom stereocenters. The summed E-state index contributed by atoms with van der Waals surface area (Å²) >= 11 is 0. The van der Waals surface area contributed by atoms with Crippen LogP contribution < -0.4 is 4.74 Å². The van der Waals surface area contributed by atoms with Gasteiger partial charge in [-0.25, -0.2) is 0 Å². The summed E-state index contributed by atoms with van der Waals surface area (Å²) in [5, 5.41) is 0. The predicted molar refractivity (Wildman–Crippen MR) is 77.1 cm³/mol. The summed E-state index contributed by atoms with van der Waals surface area (Å²) in [6.07, 6.45) is 10.9. The maximum Gasteiger partial charge on any atom is 0.119 e. The molecule has 1 aromatic rings. The van der Waals surface area contributed by atoms with Gasteiger partial charge in [0.25, 0.3) is 0 Å². The average molecular weight is 246 g/mol. The molecule has 1 fully saturated rings. The van der Waals surface area contributed by atoms with Crippen molar-refractivity contribution in [2.24, 2.45) is 5.92 Å². The van der Waals surface area contributed by atoms with Crippen molar-refractivity contribution in [3.8, 4) is 5.75 Å². The van der Waals surface area contributed by atoms with Crippen LogP contribution >= 0.6 is 0 Å². The first-order valence-electron chi connectivity index (χ1n) is 7.60. The van der Waals surface area contributed by atoms with Gasteiger partial charge in [-0.1, -0.05) is 51.2 Å². The van der Waals surface area contributed by atoms with Gasteiger partial charge in [0.2, 0.25) is 0 Å². The summed E-state index contributed by atoms with van der Waals surface area (Å²) in [4.78, 5) is 0. The Hall–Kier alpha value is -0.980. The van der Waals surface area contributed by atoms with Gasteiger partial charge in [0, 0.05) is 0 Å². The standard InChI is InChI=1S/C17H26O/c1-2-15-10-12-17(13-11-15)18-14-16-8-6-4-3-5-7-9-16/h10-13,16H,2-9,14H2,1H3. The van der Waals surface area contributed by atoms with Crippen molar-refractivity contribution < 1.29 is 4.74 Å². The molecule has 0 N–H and O–H groups in total. The van der Waals surface area contributed by atoms with Crippen molar-refractivity contribution in [1.29, 1.82) is 0 Å². The molecular weight excluding hydrogens is 220 g/mol. The van der Waals surface area contributed by atoms with Crippen LogP contribution in [-0.4, -0.2) is 6.61 Å². The highest BCUT2D eigenvalue weighted by Gasteiger charge is 2.11. The van der Waals surface area contributed by atoms with Crippen LogP contribution in [0.5, 0.6) is 5.75 Å². The van der Waals surface area contributed by atoms with E-state index < -0.39 is 0 Å². The first-order chi connectivity index (χ1) is 8.88. The molecule has 2 rings (SSSR count). The van der Waals surface area contributed by atoms with Gasteiger partial charge in [0.05, 0.1) is 6.61 Å². The number of benzene rings is 1. The van der Waals surface area contributed by atoms with Crippen LogP contribution in [0.3, 0.4) is 0 Å². The molecular formula is C17H26O. The lowest BCUT2D eigenvalue weighted by molar-refractivity contribution is 0.218. The van der Waals surface area contributed by atoms with Gasteiger partial charge in [-0.15, -0.1) is 0 Å². The number of hydrogen-bond donors (Lipinski definition) is 0. The third-order valence-electron chi connectivity index (χ3n) is 4.04. The third kappa shape index (κ3) is 4.36. The second-order valence-electron chi connectivity index (χ2n) is 5.52. The van der Waals surface area contributed by atoms with Gasteiger partial charge >= 0.3 is 0 Å². The molecule has 0 saturated heterocycles. The fraction of sp³-hybridized carbons (Fsp3) is 0.647. The minimum atomic E-state index is 0.774. The molecule has 18 heavy (non-hydrogen) atoms. The fourth-order valence-electron chi connectivity index (χ4n) is 2.74. The highest BCUT2D eigenvalue weighted by Crippen LogP contribution is 2.23. The van der Waals surface area contributed by atoms with Crippen LogP contribution in [0.25, 0.3) is 0 Å². The third-order valence-corrected chi connectivity index (χ3v) is 4.04. The summed E-state index contributed by atoms with van der Waals surface area (Å²) < 4.78 is 5.94. The van der Waals surface area contributed by atoms with E-state index in [4.69, 9.17) is 4.74 Å². The minimum Gasteiger partial charge on any atom is -0.493 e. The van der Waals surface area contributed by atoms with E-state index in [0.717, 1.165) is 24.7 Å². The van der Waals surface area contributed by atoms with E-state index in [-0.39, 0.29) is 0 Å². The minimum absolute atomic E-state index is 0.774. The molecule has 0 aliphatic heterocycles. The monoisotopic (exact) mass is 246 g/mol. The fourth-order valence-corrected chi connectivity index (χ4v) is 2.74. The molecule has 1 nitrogen and oxygen atoms in total. The van der Waals surface area contributed by atoms with Gasteiger partial charge < -0.3 is 4.74 Å². The Labute approximate surface area is 112 Å². The zero-order valence-electron chi connectivity index (χ0n) is 11.7. The van der Waals surface area contributed by atoms with E-state index in [0.29, 0.717) is 0 Å². The van der Waals surface area contributed by atoms with Gasteiger partial charge in [-0.2, -0.15) is 0 Å². The van der Waals surface area contributed by atoms with Crippen molar-refractivity contribution in [3.05, 3.63) is 29.8 Å². The second kappa shape index (κ2) is 7.45. The molecule has 0 spiro atoms. The van der Waals surface area contributed by atoms with Crippen LogP contribution in [0, 0.1) is 5.92 Å². The summed E-state index contributed by atoms with van der Waals surface area (Å²) in [6, 6.07) is 8.57. The summed E-state index contributed by atoms with van der Waals surface area (Å²) in [5.74, 6) is 1.81. The lowest BCUT2D eigenvalue weighted by Crippen LogP contribution is -2.13. The molecule has 0 unspecified atom stereocenters. The van der Waals surface area contributed by atoms with Crippen LogP contribution in [0.15, 0.2) is 24.3 Å². The maximum absolute atomic E-state index is 5.94. The first kappa shape index (κ1) is 13.5. The van der Waals surface area contributed by atoms with Gasteiger partial charge in [0.1, 0.15) is 5.75 Å². The number of hydrogen-bond acceptors (Lipinski definition) is 1.